The Morgan fingerprint density at radius 1 is 1.00 bits per heavy atom. The summed E-state index contributed by atoms with van der Waals surface area (Å²) in [5.74, 6) is -0.349. The van der Waals surface area contributed by atoms with Gasteiger partial charge >= 0.3 is 5.97 Å². The number of methoxy groups -OCH3 is 1. The number of nitrogens with zero attached hydrogens (tertiary/aromatic N) is 1. The molecule has 26 heavy (non-hydrogen) atoms. The molecule has 0 fully saturated rings. The van der Waals surface area contributed by atoms with Crippen molar-refractivity contribution < 1.29 is 19.1 Å². The lowest BCUT2D eigenvalue weighted by Crippen LogP contribution is -2.28. The molecule has 0 saturated heterocycles. The first-order valence-corrected chi connectivity index (χ1v) is 8.09. The number of ether oxygens (including phenoxy) is 2. The molecule has 0 atom stereocenters. The molecule has 0 saturated carbocycles. The maximum atomic E-state index is 12.1. The van der Waals surface area contributed by atoms with Crippen LogP contribution in [0.2, 0.25) is 0 Å². The summed E-state index contributed by atoms with van der Waals surface area (Å²) in [6, 6.07) is 18.2. The van der Waals surface area contributed by atoms with Crippen LogP contribution in [0.15, 0.2) is 60.7 Å². The number of esters is 1. The van der Waals surface area contributed by atoms with Gasteiger partial charge in [-0.25, -0.2) is 9.78 Å². The number of para-hydroxylation sites is 2. The topological polar surface area (TPSA) is 77.5 Å². The zero-order valence-corrected chi connectivity index (χ0v) is 14.3. The maximum Gasteiger partial charge on any atom is 0.357 e. The fraction of sp³-hybridized carbons (Fsp3) is 0.150. The molecular weight excluding hydrogens is 332 g/mol. The molecule has 1 aromatic heterocycles. The van der Waals surface area contributed by atoms with Crippen molar-refractivity contribution >= 4 is 22.8 Å². The van der Waals surface area contributed by atoms with Gasteiger partial charge in [-0.2, -0.15) is 0 Å². The zero-order chi connectivity index (χ0) is 18.4. The maximum absolute atomic E-state index is 12.1. The number of hydrogen-bond acceptors (Lipinski definition) is 5. The van der Waals surface area contributed by atoms with E-state index in [2.05, 4.69) is 10.3 Å². The molecule has 3 aromatic rings. The van der Waals surface area contributed by atoms with E-state index in [1.807, 2.05) is 48.5 Å². The van der Waals surface area contributed by atoms with Crippen LogP contribution in [0, 0.1) is 0 Å². The van der Waals surface area contributed by atoms with Gasteiger partial charge in [-0.3, -0.25) is 4.79 Å². The van der Waals surface area contributed by atoms with Crippen molar-refractivity contribution in [3.05, 3.63) is 71.9 Å². The number of pyridine rings is 1. The number of carbonyl (C=O) groups excluding carboxylic acids is 2. The second-order valence-electron chi connectivity index (χ2n) is 5.55. The van der Waals surface area contributed by atoms with E-state index in [4.69, 9.17) is 9.47 Å². The third-order valence-electron chi connectivity index (χ3n) is 3.81. The van der Waals surface area contributed by atoms with Crippen molar-refractivity contribution in [2.75, 3.05) is 13.7 Å². The lowest BCUT2D eigenvalue weighted by Gasteiger charge is -2.10. The molecule has 0 spiro atoms. The molecule has 3 rings (SSSR count). The van der Waals surface area contributed by atoms with Crippen LogP contribution in [0.5, 0.6) is 5.75 Å². The number of amides is 1. The Morgan fingerprint density at radius 3 is 2.62 bits per heavy atom. The highest BCUT2D eigenvalue weighted by atomic mass is 16.5. The third kappa shape index (κ3) is 4.16. The van der Waals surface area contributed by atoms with E-state index in [1.165, 1.54) is 0 Å². The standard InChI is InChI=1S/C20H18N2O4/c1-25-18-9-5-3-7-15(18)12-21-19(23)13-26-20(24)17-11-10-14-6-2-4-8-16(14)22-17/h2-11H,12-13H2,1H3,(H,21,23). The van der Waals surface area contributed by atoms with E-state index < -0.39 is 11.9 Å². The second-order valence-corrected chi connectivity index (χ2v) is 5.55. The molecule has 2 aromatic carbocycles. The normalized spacial score (nSPS) is 10.3. The van der Waals surface area contributed by atoms with Crippen LogP contribution < -0.4 is 10.1 Å². The number of rotatable bonds is 6. The van der Waals surface area contributed by atoms with Crippen molar-refractivity contribution in [3.63, 3.8) is 0 Å². The second kappa shape index (κ2) is 8.11. The highest BCUT2D eigenvalue weighted by Gasteiger charge is 2.12. The lowest BCUT2D eigenvalue weighted by molar-refractivity contribution is -0.124. The fourth-order valence-electron chi connectivity index (χ4n) is 2.48. The van der Waals surface area contributed by atoms with Gasteiger partial charge in [0, 0.05) is 17.5 Å². The molecule has 6 heteroatoms. The van der Waals surface area contributed by atoms with Gasteiger partial charge in [-0.1, -0.05) is 42.5 Å². The number of aromatic nitrogens is 1. The molecule has 0 bridgehead atoms. The van der Waals surface area contributed by atoms with Crippen LogP contribution in [0.1, 0.15) is 16.1 Å². The Bertz CT molecular complexity index is 940. The first-order chi connectivity index (χ1) is 12.7. The third-order valence-corrected chi connectivity index (χ3v) is 3.81. The highest BCUT2D eigenvalue weighted by molar-refractivity contribution is 5.92. The predicted molar refractivity (Wildman–Crippen MR) is 96.9 cm³/mol. The van der Waals surface area contributed by atoms with E-state index in [0.717, 1.165) is 10.9 Å². The molecule has 0 unspecified atom stereocenters. The Balaban J connectivity index is 1.54. The monoisotopic (exact) mass is 350 g/mol. The van der Waals surface area contributed by atoms with Gasteiger partial charge in [0.05, 0.1) is 12.6 Å². The van der Waals surface area contributed by atoms with Gasteiger partial charge in [0.1, 0.15) is 11.4 Å². The first kappa shape index (κ1) is 17.4. The number of nitrogens with one attached hydrogen (secondary N) is 1. The Labute approximate surface area is 150 Å². The van der Waals surface area contributed by atoms with Gasteiger partial charge < -0.3 is 14.8 Å². The minimum Gasteiger partial charge on any atom is -0.496 e. The average molecular weight is 350 g/mol. The number of carbonyl (C=O) groups is 2. The van der Waals surface area contributed by atoms with E-state index in [1.54, 1.807) is 19.2 Å². The van der Waals surface area contributed by atoms with Gasteiger partial charge in [-0.05, 0) is 18.2 Å². The number of hydrogen-bond donors (Lipinski definition) is 1. The number of fused-ring (bicyclic) bond motifs is 1. The Kier molecular flexibility index (Phi) is 5.43. The molecule has 0 radical (unpaired) electrons. The largest absolute Gasteiger partial charge is 0.496 e. The molecule has 1 amide bonds. The minimum absolute atomic E-state index is 0.168. The molecular formula is C20H18N2O4. The quantitative estimate of drug-likeness (QED) is 0.692. The van der Waals surface area contributed by atoms with Crippen molar-refractivity contribution in [3.8, 4) is 5.75 Å². The van der Waals surface area contributed by atoms with Crippen LogP contribution in [0.4, 0.5) is 0 Å². The highest BCUT2D eigenvalue weighted by Crippen LogP contribution is 2.16. The van der Waals surface area contributed by atoms with E-state index >= 15 is 0 Å². The summed E-state index contributed by atoms with van der Waals surface area (Å²) in [6.45, 7) is -0.0862. The Hall–Kier alpha value is -3.41. The molecule has 0 aliphatic rings. The summed E-state index contributed by atoms with van der Waals surface area (Å²) < 4.78 is 10.3. The van der Waals surface area contributed by atoms with Crippen LogP contribution in [-0.4, -0.2) is 30.6 Å². The van der Waals surface area contributed by atoms with Crippen LogP contribution in [0.3, 0.4) is 0 Å². The van der Waals surface area contributed by atoms with E-state index in [0.29, 0.717) is 11.3 Å². The van der Waals surface area contributed by atoms with Gasteiger partial charge in [0.25, 0.3) is 5.91 Å². The summed E-state index contributed by atoms with van der Waals surface area (Å²) in [5, 5.41) is 3.62. The smallest absolute Gasteiger partial charge is 0.357 e. The number of benzene rings is 2. The lowest BCUT2D eigenvalue weighted by atomic mass is 10.2. The summed E-state index contributed by atoms with van der Waals surface area (Å²) >= 11 is 0. The van der Waals surface area contributed by atoms with Crippen LogP contribution >= 0.6 is 0 Å². The average Bonchev–Trinajstić information content (AvgIpc) is 2.70. The van der Waals surface area contributed by atoms with Gasteiger partial charge in [-0.15, -0.1) is 0 Å². The van der Waals surface area contributed by atoms with Crippen LogP contribution in [-0.2, 0) is 16.1 Å². The van der Waals surface area contributed by atoms with Crippen molar-refractivity contribution in [1.29, 1.82) is 0 Å². The van der Waals surface area contributed by atoms with E-state index in [-0.39, 0.29) is 18.8 Å². The molecule has 0 aliphatic heterocycles. The molecule has 1 N–H and O–H groups in total. The molecule has 132 valence electrons. The minimum atomic E-state index is -0.636. The van der Waals surface area contributed by atoms with Crippen molar-refractivity contribution in [1.82, 2.24) is 10.3 Å². The molecule has 6 nitrogen and oxygen atoms in total. The zero-order valence-electron chi connectivity index (χ0n) is 14.3. The molecule has 0 aliphatic carbocycles. The SMILES string of the molecule is COc1ccccc1CNC(=O)COC(=O)c1ccc2ccccc2n1. The summed E-state index contributed by atoms with van der Waals surface area (Å²) in [7, 11) is 1.57. The summed E-state index contributed by atoms with van der Waals surface area (Å²) in [6.07, 6.45) is 0. The van der Waals surface area contributed by atoms with Crippen LogP contribution in [0.25, 0.3) is 10.9 Å². The van der Waals surface area contributed by atoms with Crippen molar-refractivity contribution in [2.24, 2.45) is 0 Å². The van der Waals surface area contributed by atoms with E-state index in [9.17, 15) is 9.59 Å². The summed E-state index contributed by atoms with van der Waals surface area (Å²) in [5.41, 5.74) is 1.70. The van der Waals surface area contributed by atoms with Crippen molar-refractivity contribution in [2.45, 2.75) is 6.54 Å². The predicted octanol–water partition coefficient (Wildman–Crippen LogP) is 2.72. The molecule has 1 heterocycles. The van der Waals surface area contributed by atoms with Gasteiger partial charge in [0.2, 0.25) is 0 Å². The summed E-state index contributed by atoms with van der Waals surface area (Å²) in [4.78, 5) is 28.2. The Morgan fingerprint density at radius 2 is 1.77 bits per heavy atom. The van der Waals surface area contributed by atoms with Gasteiger partial charge in [0.15, 0.2) is 6.61 Å². The fourth-order valence-corrected chi connectivity index (χ4v) is 2.48. The first-order valence-electron chi connectivity index (χ1n) is 8.09.